The highest BCUT2D eigenvalue weighted by molar-refractivity contribution is 6.25. The number of halogens is 1. The molecular weight excluding hydrogens is 204 g/mol. The van der Waals surface area contributed by atoms with E-state index in [4.69, 9.17) is 16.3 Å². The molecule has 1 rings (SSSR count). The predicted molar refractivity (Wildman–Crippen MR) is 54.3 cm³/mol. The molecule has 3 nitrogen and oxygen atoms in total. The van der Waals surface area contributed by atoms with E-state index in [2.05, 4.69) is 0 Å². The van der Waals surface area contributed by atoms with E-state index in [0.29, 0.717) is 26.1 Å². The number of ether oxygens (including phenoxy) is 1. The van der Waals surface area contributed by atoms with Crippen molar-refractivity contribution in [3.8, 4) is 0 Å². The van der Waals surface area contributed by atoms with Crippen molar-refractivity contribution >= 4 is 17.6 Å². The third-order valence-electron chi connectivity index (χ3n) is 2.58. The Morgan fingerprint density at radius 1 is 1.71 bits per heavy atom. The van der Waals surface area contributed by atoms with Crippen molar-refractivity contribution < 1.29 is 14.6 Å². The average molecular weight is 219 g/mol. The molecule has 0 aromatic heterocycles. The van der Waals surface area contributed by atoms with Gasteiger partial charge in [0.1, 0.15) is 0 Å². The molecule has 0 aromatic rings. The molecule has 0 amide bonds. The first-order valence-electron chi connectivity index (χ1n) is 4.68. The second kappa shape index (κ2) is 4.80. The Morgan fingerprint density at radius 2 is 2.43 bits per heavy atom. The molecular formula is C10H15ClO3. The number of allylic oxidation sites excluding steroid dienone is 1. The molecule has 0 saturated carbocycles. The normalized spacial score (nSPS) is 28.9. The molecule has 0 bridgehead atoms. The van der Waals surface area contributed by atoms with Crippen LogP contribution in [0, 0.1) is 5.41 Å². The Morgan fingerprint density at radius 3 is 2.86 bits per heavy atom. The van der Waals surface area contributed by atoms with Gasteiger partial charge in [0.25, 0.3) is 0 Å². The lowest BCUT2D eigenvalue weighted by molar-refractivity contribution is -0.157. The molecule has 1 aliphatic rings. The zero-order chi connectivity index (χ0) is 10.6. The van der Waals surface area contributed by atoms with E-state index in [9.17, 15) is 9.90 Å². The largest absolute Gasteiger partial charge is 0.481 e. The summed E-state index contributed by atoms with van der Waals surface area (Å²) in [6.07, 6.45) is 1.96. The van der Waals surface area contributed by atoms with Crippen LogP contribution >= 0.6 is 11.6 Å². The summed E-state index contributed by atoms with van der Waals surface area (Å²) in [5.74, 6) is -0.782. The fourth-order valence-electron chi connectivity index (χ4n) is 1.81. The molecule has 1 saturated heterocycles. The molecule has 1 fully saturated rings. The van der Waals surface area contributed by atoms with Crippen molar-refractivity contribution in [2.45, 2.75) is 26.2 Å². The number of carboxylic acid groups (broad SMARTS) is 1. The van der Waals surface area contributed by atoms with Gasteiger partial charge in [0.05, 0.1) is 12.0 Å². The number of hydrogen-bond acceptors (Lipinski definition) is 2. The van der Waals surface area contributed by atoms with Crippen molar-refractivity contribution in [1.82, 2.24) is 0 Å². The van der Waals surface area contributed by atoms with Crippen LogP contribution in [0.5, 0.6) is 0 Å². The summed E-state index contributed by atoms with van der Waals surface area (Å²) in [4.78, 5) is 11.2. The number of carboxylic acids is 1. The van der Waals surface area contributed by atoms with Crippen LogP contribution in [0.2, 0.25) is 0 Å². The van der Waals surface area contributed by atoms with Crippen molar-refractivity contribution in [2.24, 2.45) is 5.41 Å². The molecule has 0 aliphatic carbocycles. The van der Waals surface area contributed by atoms with Crippen molar-refractivity contribution in [3.63, 3.8) is 0 Å². The molecule has 14 heavy (non-hydrogen) atoms. The van der Waals surface area contributed by atoms with Gasteiger partial charge >= 0.3 is 5.97 Å². The monoisotopic (exact) mass is 218 g/mol. The molecule has 1 N–H and O–H groups in total. The maximum atomic E-state index is 11.2. The van der Waals surface area contributed by atoms with Gasteiger partial charge in [-0.25, -0.2) is 0 Å². The van der Waals surface area contributed by atoms with Crippen molar-refractivity contribution in [1.29, 1.82) is 0 Å². The van der Waals surface area contributed by atoms with Crippen LogP contribution in [0.3, 0.4) is 0 Å². The van der Waals surface area contributed by atoms with Gasteiger partial charge in [-0.2, -0.15) is 0 Å². The predicted octanol–water partition coefficient (Wildman–Crippen LogP) is 2.40. The standard InChI is InChI=1S/C10H15ClO3/c1-8(6-11)5-10(9(12)13)3-2-4-14-7-10/h6H,2-5,7H2,1H3,(H,12,13). The summed E-state index contributed by atoms with van der Waals surface area (Å²) in [6.45, 7) is 2.80. The second-order valence-electron chi connectivity index (χ2n) is 3.87. The van der Waals surface area contributed by atoms with E-state index in [1.807, 2.05) is 6.92 Å². The SMILES string of the molecule is CC(=CCl)CC1(C(=O)O)CCCOC1. The minimum absolute atomic E-state index is 0.296. The quantitative estimate of drug-likeness (QED) is 0.791. The highest BCUT2D eigenvalue weighted by atomic mass is 35.5. The highest BCUT2D eigenvalue weighted by Gasteiger charge is 2.40. The van der Waals surface area contributed by atoms with Gasteiger partial charge in [0, 0.05) is 12.1 Å². The van der Waals surface area contributed by atoms with Gasteiger partial charge in [-0.15, -0.1) is 0 Å². The summed E-state index contributed by atoms with van der Waals surface area (Å²) >= 11 is 5.54. The third kappa shape index (κ3) is 2.49. The van der Waals surface area contributed by atoms with Crippen LogP contribution in [0.25, 0.3) is 0 Å². The highest BCUT2D eigenvalue weighted by Crippen LogP contribution is 2.35. The van der Waals surface area contributed by atoms with Crippen molar-refractivity contribution in [2.75, 3.05) is 13.2 Å². The Bertz CT molecular complexity index is 242. The van der Waals surface area contributed by atoms with E-state index in [1.54, 1.807) is 0 Å². The number of hydrogen-bond donors (Lipinski definition) is 1. The fourth-order valence-corrected chi connectivity index (χ4v) is 1.89. The van der Waals surface area contributed by atoms with Gasteiger partial charge in [0.2, 0.25) is 0 Å². The zero-order valence-corrected chi connectivity index (χ0v) is 9.01. The zero-order valence-electron chi connectivity index (χ0n) is 8.25. The number of carbonyl (C=O) groups is 1. The van der Waals surface area contributed by atoms with Crippen molar-refractivity contribution in [3.05, 3.63) is 11.1 Å². The lowest BCUT2D eigenvalue weighted by Gasteiger charge is -2.33. The molecule has 1 atom stereocenters. The second-order valence-corrected chi connectivity index (χ2v) is 4.09. The molecule has 0 aromatic carbocycles. The third-order valence-corrected chi connectivity index (χ3v) is 2.95. The fraction of sp³-hybridized carbons (Fsp3) is 0.700. The van der Waals surface area contributed by atoms with Gasteiger partial charge in [-0.3, -0.25) is 4.79 Å². The maximum absolute atomic E-state index is 11.2. The molecule has 4 heteroatoms. The average Bonchev–Trinajstić information content (AvgIpc) is 2.19. The van der Waals surface area contributed by atoms with Gasteiger partial charge in [-0.1, -0.05) is 17.2 Å². The minimum atomic E-state index is -0.782. The maximum Gasteiger partial charge on any atom is 0.312 e. The summed E-state index contributed by atoms with van der Waals surface area (Å²) in [7, 11) is 0. The van der Waals surface area contributed by atoms with Gasteiger partial charge in [-0.05, 0) is 26.2 Å². The first kappa shape index (κ1) is 11.5. The van der Waals surface area contributed by atoms with Crippen LogP contribution in [0.4, 0.5) is 0 Å². The van der Waals surface area contributed by atoms with Crippen LogP contribution < -0.4 is 0 Å². The number of rotatable bonds is 3. The topological polar surface area (TPSA) is 46.5 Å². The Hall–Kier alpha value is -0.540. The van der Waals surface area contributed by atoms with Crippen LogP contribution in [0.1, 0.15) is 26.2 Å². The van der Waals surface area contributed by atoms with Gasteiger partial charge < -0.3 is 9.84 Å². The van der Waals surface area contributed by atoms with E-state index in [-0.39, 0.29) is 0 Å². The minimum Gasteiger partial charge on any atom is -0.481 e. The Kier molecular flexibility index (Phi) is 3.96. The molecule has 1 heterocycles. The first-order valence-corrected chi connectivity index (χ1v) is 5.11. The summed E-state index contributed by atoms with van der Waals surface area (Å²) in [6, 6.07) is 0. The molecule has 80 valence electrons. The lowest BCUT2D eigenvalue weighted by atomic mass is 9.77. The van der Waals surface area contributed by atoms with Crippen LogP contribution in [-0.2, 0) is 9.53 Å². The molecule has 0 spiro atoms. The smallest absolute Gasteiger partial charge is 0.312 e. The summed E-state index contributed by atoms with van der Waals surface area (Å²) < 4.78 is 5.24. The van der Waals surface area contributed by atoms with Crippen LogP contribution in [-0.4, -0.2) is 24.3 Å². The van der Waals surface area contributed by atoms with E-state index in [0.717, 1.165) is 12.0 Å². The Balaban J connectivity index is 2.75. The Labute approximate surface area is 88.7 Å². The molecule has 1 aliphatic heterocycles. The number of aliphatic carboxylic acids is 1. The first-order chi connectivity index (χ1) is 6.60. The summed E-state index contributed by atoms with van der Waals surface area (Å²) in [5.41, 5.74) is 1.58. The van der Waals surface area contributed by atoms with Gasteiger partial charge in [0.15, 0.2) is 0 Å². The molecule has 1 unspecified atom stereocenters. The summed E-state index contributed by atoms with van der Waals surface area (Å²) in [5, 5.41) is 9.18. The van der Waals surface area contributed by atoms with E-state index < -0.39 is 11.4 Å². The van der Waals surface area contributed by atoms with E-state index in [1.165, 1.54) is 5.54 Å². The lowest BCUT2D eigenvalue weighted by Crippen LogP contribution is -2.39. The van der Waals surface area contributed by atoms with E-state index >= 15 is 0 Å². The molecule has 0 radical (unpaired) electrons. The van der Waals surface area contributed by atoms with Crippen LogP contribution in [0.15, 0.2) is 11.1 Å².